The third-order valence-electron chi connectivity index (χ3n) is 3.32. The lowest BCUT2D eigenvalue weighted by Gasteiger charge is -2.18. The summed E-state index contributed by atoms with van der Waals surface area (Å²) in [6, 6.07) is 9.20. The SMILES string of the molecule is O=C1NCCCNCCCNC(=O)C1c1ccccc1. The summed E-state index contributed by atoms with van der Waals surface area (Å²) in [5, 5.41) is 8.95. The third-order valence-corrected chi connectivity index (χ3v) is 3.32. The normalized spacial score (nSPS) is 19.4. The molecule has 2 rings (SSSR count). The van der Waals surface area contributed by atoms with Gasteiger partial charge in [0.1, 0.15) is 5.92 Å². The molecule has 1 fully saturated rings. The van der Waals surface area contributed by atoms with Gasteiger partial charge in [-0.2, -0.15) is 0 Å². The van der Waals surface area contributed by atoms with Gasteiger partial charge in [-0.1, -0.05) is 30.3 Å². The topological polar surface area (TPSA) is 70.2 Å². The standard InChI is InChI=1S/C15H21N3O2/c19-14-13(12-6-2-1-3-7-12)15(20)18-11-5-9-16-8-4-10-17-14/h1-3,6-7,13,16H,4-5,8-11H2,(H,17,19)(H,18,20). The highest BCUT2D eigenvalue weighted by Gasteiger charge is 2.27. The summed E-state index contributed by atoms with van der Waals surface area (Å²) in [4.78, 5) is 24.5. The second kappa shape index (κ2) is 7.65. The Morgan fingerprint density at radius 1 is 0.800 bits per heavy atom. The summed E-state index contributed by atoms with van der Waals surface area (Å²) in [7, 11) is 0. The van der Waals surface area contributed by atoms with E-state index in [1.807, 2.05) is 30.3 Å². The van der Waals surface area contributed by atoms with Gasteiger partial charge < -0.3 is 16.0 Å². The maximum absolute atomic E-state index is 12.2. The van der Waals surface area contributed by atoms with E-state index >= 15 is 0 Å². The maximum Gasteiger partial charge on any atom is 0.237 e. The van der Waals surface area contributed by atoms with Crippen molar-refractivity contribution in [2.45, 2.75) is 18.8 Å². The van der Waals surface area contributed by atoms with Crippen LogP contribution in [-0.4, -0.2) is 38.0 Å². The van der Waals surface area contributed by atoms with Crippen molar-refractivity contribution in [2.24, 2.45) is 0 Å². The summed E-state index contributed by atoms with van der Waals surface area (Å²) in [6.07, 6.45) is 1.74. The van der Waals surface area contributed by atoms with Crippen LogP contribution in [-0.2, 0) is 9.59 Å². The molecule has 108 valence electrons. The predicted octanol–water partition coefficient (Wildman–Crippen LogP) is 0.386. The minimum Gasteiger partial charge on any atom is -0.355 e. The first-order valence-electron chi connectivity index (χ1n) is 7.10. The average molecular weight is 275 g/mol. The number of carbonyl (C=O) groups is 2. The van der Waals surface area contributed by atoms with E-state index in [1.54, 1.807) is 0 Å². The average Bonchev–Trinajstić information content (AvgIpc) is 2.45. The van der Waals surface area contributed by atoms with Crippen LogP contribution in [0.5, 0.6) is 0 Å². The lowest BCUT2D eigenvalue weighted by atomic mass is 9.97. The molecule has 1 aromatic rings. The quantitative estimate of drug-likeness (QED) is 0.649. The van der Waals surface area contributed by atoms with E-state index in [0.717, 1.165) is 31.5 Å². The van der Waals surface area contributed by atoms with Gasteiger partial charge in [0.2, 0.25) is 11.8 Å². The first kappa shape index (κ1) is 14.5. The highest BCUT2D eigenvalue weighted by atomic mass is 16.2. The fraction of sp³-hybridized carbons (Fsp3) is 0.467. The number of amides is 2. The fourth-order valence-corrected chi connectivity index (χ4v) is 2.25. The lowest BCUT2D eigenvalue weighted by Crippen LogP contribution is -2.41. The van der Waals surface area contributed by atoms with Gasteiger partial charge in [0.05, 0.1) is 0 Å². The molecule has 1 aromatic carbocycles. The molecule has 5 heteroatoms. The molecule has 0 aliphatic carbocycles. The van der Waals surface area contributed by atoms with Crippen LogP contribution in [0.25, 0.3) is 0 Å². The van der Waals surface area contributed by atoms with E-state index in [2.05, 4.69) is 16.0 Å². The largest absolute Gasteiger partial charge is 0.355 e. The Hall–Kier alpha value is -1.88. The second-order valence-corrected chi connectivity index (χ2v) is 4.88. The molecule has 0 radical (unpaired) electrons. The minimum absolute atomic E-state index is 0.228. The summed E-state index contributed by atoms with van der Waals surface area (Å²) in [5.74, 6) is -1.22. The molecular formula is C15H21N3O2. The smallest absolute Gasteiger partial charge is 0.237 e. The van der Waals surface area contributed by atoms with Crippen molar-refractivity contribution in [3.63, 3.8) is 0 Å². The Labute approximate surface area is 119 Å². The molecule has 0 bridgehead atoms. The zero-order valence-electron chi connectivity index (χ0n) is 11.5. The van der Waals surface area contributed by atoms with Crippen LogP contribution in [0, 0.1) is 0 Å². The van der Waals surface area contributed by atoms with Crippen molar-refractivity contribution in [1.82, 2.24) is 16.0 Å². The van der Waals surface area contributed by atoms with E-state index < -0.39 is 5.92 Å². The van der Waals surface area contributed by atoms with Gasteiger partial charge in [-0.3, -0.25) is 9.59 Å². The van der Waals surface area contributed by atoms with Gasteiger partial charge in [0, 0.05) is 13.1 Å². The summed E-state index contributed by atoms with van der Waals surface area (Å²) < 4.78 is 0. The minimum atomic E-state index is -0.761. The zero-order valence-corrected chi connectivity index (χ0v) is 11.5. The number of benzene rings is 1. The van der Waals surface area contributed by atoms with Gasteiger partial charge in [-0.25, -0.2) is 0 Å². The van der Waals surface area contributed by atoms with Crippen LogP contribution in [0.15, 0.2) is 30.3 Å². The first-order valence-corrected chi connectivity index (χ1v) is 7.10. The zero-order chi connectivity index (χ0) is 14.2. The molecule has 20 heavy (non-hydrogen) atoms. The van der Waals surface area contributed by atoms with E-state index in [4.69, 9.17) is 0 Å². The van der Waals surface area contributed by atoms with E-state index in [9.17, 15) is 9.59 Å². The van der Waals surface area contributed by atoms with E-state index in [-0.39, 0.29) is 11.8 Å². The lowest BCUT2D eigenvalue weighted by molar-refractivity contribution is -0.131. The molecule has 1 heterocycles. The summed E-state index contributed by atoms with van der Waals surface area (Å²) in [5.41, 5.74) is 0.734. The molecule has 1 aliphatic heterocycles. The predicted molar refractivity (Wildman–Crippen MR) is 77.3 cm³/mol. The molecular weight excluding hydrogens is 254 g/mol. The van der Waals surface area contributed by atoms with Gasteiger partial charge in [0.15, 0.2) is 0 Å². The Morgan fingerprint density at radius 3 is 1.90 bits per heavy atom. The first-order chi connectivity index (χ1) is 9.79. The van der Waals surface area contributed by atoms with Crippen LogP contribution in [0.4, 0.5) is 0 Å². The molecule has 0 unspecified atom stereocenters. The monoisotopic (exact) mass is 275 g/mol. The van der Waals surface area contributed by atoms with Gasteiger partial charge in [-0.15, -0.1) is 0 Å². The van der Waals surface area contributed by atoms with Crippen LogP contribution >= 0.6 is 0 Å². The number of rotatable bonds is 1. The Balaban J connectivity index is 2.13. The number of hydrogen-bond donors (Lipinski definition) is 3. The molecule has 1 aliphatic rings. The number of carbonyl (C=O) groups excluding carboxylic acids is 2. The summed E-state index contributed by atoms with van der Waals surface area (Å²) >= 11 is 0. The molecule has 0 spiro atoms. The number of hydrogen-bond acceptors (Lipinski definition) is 3. The molecule has 2 amide bonds. The van der Waals surface area contributed by atoms with Crippen molar-refractivity contribution in [1.29, 1.82) is 0 Å². The molecule has 3 N–H and O–H groups in total. The Morgan fingerprint density at radius 2 is 1.35 bits per heavy atom. The van der Waals surface area contributed by atoms with E-state index in [0.29, 0.717) is 13.1 Å². The molecule has 1 saturated heterocycles. The van der Waals surface area contributed by atoms with Gasteiger partial charge in [0.25, 0.3) is 0 Å². The van der Waals surface area contributed by atoms with Crippen molar-refractivity contribution in [3.05, 3.63) is 35.9 Å². The molecule has 0 saturated carbocycles. The highest BCUT2D eigenvalue weighted by Crippen LogP contribution is 2.16. The Bertz CT molecular complexity index is 426. The van der Waals surface area contributed by atoms with Crippen molar-refractivity contribution in [3.8, 4) is 0 Å². The number of nitrogens with one attached hydrogen (secondary N) is 3. The molecule has 5 nitrogen and oxygen atoms in total. The van der Waals surface area contributed by atoms with Crippen LogP contribution in [0.3, 0.4) is 0 Å². The second-order valence-electron chi connectivity index (χ2n) is 4.88. The molecule has 0 aromatic heterocycles. The fourth-order valence-electron chi connectivity index (χ4n) is 2.25. The van der Waals surface area contributed by atoms with E-state index in [1.165, 1.54) is 0 Å². The van der Waals surface area contributed by atoms with Crippen LogP contribution in [0.1, 0.15) is 24.3 Å². The van der Waals surface area contributed by atoms with Crippen molar-refractivity contribution in [2.75, 3.05) is 26.2 Å². The third kappa shape index (κ3) is 4.06. The van der Waals surface area contributed by atoms with Crippen molar-refractivity contribution >= 4 is 11.8 Å². The van der Waals surface area contributed by atoms with Crippen LogP contribution in [0.2, 0.25) is 0 Å². The Kier molecular flexibility index (Phi) is 5.55. The highest BCUT2D eigenvalue weighted by molar-refractivity contribution is 6.05. The van der Waals surface area contributed by atoms with Crippen LogP contribution < -0.4 is 16.0 Å². The van der Waals surface area contributed by atoms with Gasteiger partial charge in [-0.05, 0) is 31.5 Å². The summed E-state index contributed by atoms with van der Waals surface area (Å²) in [6.45, 7) is 2.93. The maximum atomic E-state index is 12.2. The molecule has 0 atom stereocenters. The van der Waals surface area contributed by atoms with Gasteiger partial charge >= 0.3 is 0 Å². The van der Waals surface area contributed by atoms with Crippen molar-refractivity contribution < 1.29 is 9.59 Å².